The standard InChI is InChI=1S/C29H31N5O2/c1-18(2)22-9-6-14-36-28-25(22)16-21(23-7-4-5-8-24(23)29-31-33-34-32-29)17-26(28)30-27(35)15-20-12-10-19(3)11-13-20/h4-5,7-8,10-13,16-18,22H,6,9,14-15H2,1-3H3,(H,30,35)(H,31,32,33,34). The number of H-pyrrole nitrogens is 1. The quantitative estimate of drug-likeness (QED) is 0.356. The normalized spacial score (nSPS) is 15.2. The van der Waals surface area contributed by atoms with Gasteiger partial charge >= 0.3 is 0 Å². The van der Waals surface area contributed by atoms with Crippen molar-refractivity contribution in [2.24, 2.45) is 5.92 Å². The summed E-state index contributed by atoms with van der Waals surface area (Å²) in [5.74, 6) is 2.00. The van der Waals surface area contributed by atoms with Crippen LogP contribution in [0.25, 0.3) is 22.5 Å². The Bertz CT molecular complexity index is 1350. The van der Waals surface area contributed by atoms with Crippen molar-refractivity contribution in [3.8, 4) is 28.3 Å². The number of ether oxygens (including phenoxy) is 1. The number of amides is 1. The summed E-state index contributed by atoms with van der Waals surface area (Å²) in [6, 6.07) is 20.3. The van der Waals surface area contributed by atoms with Gasteiger partial charge in [0.05, 0.1) is 18.7 Å². The van der Waals surface area contributed by atoms with Crippen LogP contribution < -0.4 is 10.1 Å². The predicted molar refractivity (Wildman–Crippen MR) is 141 cm³/mol. The Morgan fingerprint density at radius 3 is 2.61 bits per heavy atom. The Labute approximate surface area is 211 Å². The van der Waals surface area contributed by atoms with Crippen molar-refractivity contribution in [1.29, 1.82) is 0 Å². The van der Waals surface area contributed by atoms with E-state index in [1.807, 2.05) is 61.5 Å². The molecule has 1 unspecified atom stereocenters. The van der Waals surface area contributed by atoms with Crippen LogP contribution in [0.15, 0.2) is 60.7 Å². The molecule has 7 heteroatoms. The molecule has 0 fully saturated rings. The Morgan fingerprint density at radius 2 is 1.89 bits per heavy atom. The zero-order valence-electron chi connectivity index (χ0n) is 20.9. The zero-order valence-corrected chi connectivity index (χ0v) is 20.9. The first-order valence-electron chi connectivity index (χ1n) is 12.5. The first-order valence-corrected chi connectivity index (χ1v) is 12.5. The number of aromatic nitrogens is 4. The highest BCUT2D eigenvalue weighted by molar-refractivity contribution is 5.96. The molecule has 0 saturated heterocycles. The summed E-state index contributed by atoms with van der Waals surface area (Å²) in [6.07, 6.45) is 2.31. The van der Waals surface area contributed by atoms with Gasteiger partial charge in [0, 0.05) is 11.1 Å². The Morgan fingerprint density at radius 1 is 1.11 bits per heavy atom. The smallest absolute Gasteiger partial charge is 0.228 e. The molecule has 7 nitrogen and oxygen atoms in total. The van der Waals surface area contributed by atoms with Crippen molar-refractivity contribution in [2.45, 2.75) is 46.0 Å². The number of hydrogen-bond acceptors (Lipinski definition) is 5. The number of aryl methyl sites for hydroxylation is 1. The molecule has 0 radical (unpaired) electrons. The zero-order chi connectivity index (χ0) is 25.1. The van der Waals surface area contributed by atoms with Crippen LogP contribution in [-0.4, -0.2) is 33.1 Å². The molecule has 184 valence electrons. The van der Waals surface area contributed by atoms with Crippen LogP contribution in [-0.2, 0) is 11.2 Å². The highest BCUT2D eigenvalue weighted by atomic mass is 16.5. The molecule has 5 rings (SSSR count). The lowest BCUT2D eigenvalue weighted by Crippen LogP contribution is -2.16. The van der Waals surface area contributed by atoms with Crippen LogP contribution in [0.4, 0.5) is 5.69 Å². The molecule has 1 atom stereocenters. The highest BCUT2D eigenvalue weighted by Gasteiger charge is 2.27. The average Bonchev–Trinajstić information content (AvgIpc) is 3.32. The molecule has 1 aromatic heterocycles. The van der Waals surface area contributed by atoms with Crippen molar-refractivity contribution >= 4 is 11.6 Å². The van der Waals surface area contributed by atoms with Crippen LogP contribution in [0.2, 0.25) is 0 Å². The second-order valence-electron chi connectivity index (χ2n) is 9.77. The summed E-state index contributed by atoms with van der Waals surface area (Å²) in [6.45, 7) is 7.17. The van der Waals surface area contributed by atoms with Crippen molar-refractivity contribution in [2.75, 3.05) is 11.9 Å². The molecule has 0 bridgehead atoms. The number of nitrogens with zero attached hydrogens (tertiary/aromatic N) is 3. The molecule has 2 heterocycles. The van der Waals surface area contributed by atoms with Crippen molar-refractivity contribution in [3.05, 3.63) is 77.4 Å². The molecule has 1 amide bonds. The lowest BCUT2D eigenvalue weighted by Gasteiger charge is -2.24. The van der Waals surface area contributed by atoms with E-state index in [4.69, 9.17) is 4.74 Å². The van der Waals surface area contributed by atoms with E-state index < -0.39 is 0 Å². The average molecular weight is 482 g/mol. The van der Waals surface area contributed by atoms with Crippen LogP contribution in [0.1, 0.15) is 49.3 Å². The summed E-state index contributed by atoms with van der Waals surface area (Å²) in [7, 11) is 0. The number of rotatable bonds is 6. The van der Waals surface area contributed by atoms with Gasteiger partial charge in [-0.05, 0) is 65.6 Å². The van der Waals surface area contributed by atoms with Gasteiger partial charge in [-0.2, -0.15) is 5.21 Å². The minimum atomic E-state index is -0.0707. The van der Waals surface area contributed by atoms with Crippen LogP contribution in [0.3, 0.4) is 0 Å². The lowest BCUT2D eigenvalue weighted by atomic mass is 9.83. The van der Waals surface area contributed by atoms with Crippen molar-refractivity contribution < 1.29 is 9.53 Å². The van der Waals surface area contributed by atoms with E-state index in [2.05, 4.69) is 45.9 Å². The highest BCUT2D eigenvalue weighted by Crippen LogP contribution is 2.45. The number of aromatic amines is 1. The van der Waals surface area contributed by atoms with Gasteiger partial charge in [0.15, 0.2) is 0 Å². The molecular weight excluding hydrogens is 450 g/mol. The van der Waals surface area contributed by atoms with E-state index in [9.17, 15) is 4.79 Å². The molecule has 0 saturated carbocycles. The summed E-state index contributed by atoms with van der Waals surface area (Å²) in [4.78, 5) is 13.2. The Kier molecular flexibility index (Phi) is 6.80. The maximum atomic E-state index is 13.2. The Balaban J connectivity index is 1.59. The maximum absolute atomic E-state index is 13.2. The molecule has 3 aromatic carbocycles. The first kappa shape index (κ1) is 23.7. The van der Waals surface area contributed by atoms with Crippen molar-refractivity contribution in [1.82, 2.24) is 20.6 Å². The third-order valence-electron chi connectivity index (χ3n) is 6.81. The molecular formula is C29H31N5O2. The number of anilines is 1. The van der Waals surface area contributed by atoms with E-state index in [0.717, 1.165) is 46.4 Å². The summed E-state index contributed by atoms with van der Waals surface area (Å²) in [5.41, 5.74) is 6.81. The van der Waals surface area contributed by atoms with Gasteiger partial charge in [0.2, 0.25) is 11.7 Å². The SMILES string of the molecule is Cc1ccc(CC(=O)Nc2cc(-c3ccccc3-c3nn[nH]n3)cc3c2OCCCC3C(C)C)cc1. The fourth-order valence-corrected chi connectivity index (χ4v) is 4.95. The summed E-state index contributed by atoms with van der Waals surface area (Å²) < 4.78 is 6.27. The van der Waals surface area contributed by atoms with Crippen LogP contribution in [0, 0.1) is 12.8 Å². The number of carbonyl (C=O) groups is 1. The number of carbonyl (C=O) groups excluding carboxylic acids is 1. The molecule has 36 heavy (non-hydrogen) atoms. The fraction of sp³-hybridized carbons (Fsp3) is 0.310. The van der Waals surface area contributed by atoms with Gasteiger partial charge < -0.3 is 10.1 Å². The number of tetrazole rings is 1. The van der Waals surface area contributed by atoms with Crippen molar-refractivity contribution in [3.63, 3.8) is 0 Å². The fourth-order valence-electron chi connectivity index (χ4n) is 4.95. The monoisotopic (exact) mass is 481 g/mol. The van der Waals surface area contributed by atoms with E-state index in [-0.39, 0.29) is 5.91 Å². The summed E-state index contributed by atoms with van der Waals surface area (Å²) >= 11 is 0. The van der Waals surface area contributed by atoms with E-state index in [1.165, 1.54) is 5.56 Å². The minimum Gasteiger partial charge on any atom is -0.491 e. The van der Waals surface area contributed by atoms with Gasteiger partial charge in [-0.3, -0.25) is 4.79 Å². The van der Waals surface area contributed by atoms with Gasteiger partial charge in [-0.15, -0.1) is 10.2 Å². The van der Waals surface area contributed by atoms with E-state index in [1.54, 1.807) is 0 Å². The number of hydrogen-bond donors (Lipinski definition) is 2. The largest absolute Gasteiger partial charge is 0.491 e. The molecule has 0 aliphatic carbocycles. The predicted octanol–water partition coefficient (Wildman–Crippen LogP) is 5.94. The second kappa shape index (κ2) is 10.3. The van der Waals surface area contributed by atoms with Gasteiger partial charge in [0.1, 0.15) is 5.75 Å². The molecule has 1 aliphatic heterocycles. The second-order valence-corrected chi connectivity index (χ2v) is 9.77. The molecule has 4 aromatic rings. The lowest BCUT2D eigenvalue weighted by molar-refractivity contribution is -0.115. The minimum absolute atomic E-state index is 0.0707. The molecule has 1 aliphatic rings. The van der Waals surface area contributed by atoms with Gasteiger partial charge in [-0.1, -0.05) is 67.9 Å². The number of fused-ring (bicyclic) bond motifs is 1. The number of nitrogens with one attached hydrogen (secondary N) is 2. The third-order valence-corrected chi connectivity index (χ3v) is 6.81. The molecule has 0 spiro atoms. The third kappa shape index (κ3) is 5.00. The molecule has 2 N–H and O–H groups in total. The Hall–Kier alpha value is -4.00. The number of benzene rings is 3. The van der Waals surface area contributed by atoms with Gasteiger partial charge in [0.25, 0.3) is 0 Å². The van der Waals surface area contributed by atoms with Crippen LogP contribution >= 0.6 is 0 Å². The van der Waals surface area contributed by atoms with E-state index >= 15 is 0 Å². The van der Waals surface area contributed by atoms with Gasteiger partial charge in [-0.25, -0.2) is 0 Å². The summed E-state index contributed by atoms with van der Waals surface area (Å²) in [5, 5.41) is 17.9. The van der Waals surface area contributed by atoms with E-state index in [0.29, 0.717) is 36.4 Å². The first-order chi connectivity index (χ1) is 17.5. The van der Waals surface area contributed by atoms with Crippen LogP contribution in [0.5, 0.6) is 5.75 Å². The topological polar surface area (TPSA) is 92.8 Å². The maximum Gasteiger partial charge on any atom is 0.228 e.